The number of carbonyl (C=O) groups is 2. The smallest absolute Gasteiger partial charge is 0.364 e. The van der Waals surface area contributed by atoms with Crippen molar-refractivity contribution in [3.8, 4) is 5.75 Å². The highest BCUT2D eigenvalue weighted by Crippen LogP contribution is 2.36. The average molecular weight is 398 g/mol. The largest absolute Gasteiger partial charge is 0.462 e. The number of hydrogen-bond acceptors (Lipinski definition) is 4. The number of halogens is 2. The fourth-order valence-electron chi connectivity index (χ4n) is 2.08. The van der Waals surface area contributed by atoms with Crippen LogP contribution in [-0.2, 0) is 19.9 Å². The van der Waals surface area contributed by atoms with Crippen molar-refractivity contribution in [2.24, 2.45) is 0 Å². The molecule has 4 nitrogen and oxygen atoms in total. The van der Waals surface area contributed by atoms with Crippen molar-refractivity contribution in [3.63, 3.8) is 0 Å². The maximum atomic E-state index is 12.6. The lowest BCUT2D eigenvalue weighted by molar-refractivity contribution is -0.165. The van der Waals surface area contributed by atoms with Gasteiger partial charge in [0, 0.05) is 10.6 Å². The molecule has 2 aromatic rings. The van der Waals surface area contributed by atoms with E-state index < -0.39 is 16.3 Å². The van der Waals surface area contributed by atoms with Crippen molar-refractivity contribution < 1.29 is 19.1 Å². The van der Waals surface area contributed by atoms with E-state index in [0.29, 0.717) is 5.75 Å². The van der Waals surface area contributed by atoms with Crippen LogP contribution in [0.4, 0.5) is 0 Å². The Morgan fingerprint density at radius 1 is 1.09 bits per heavy atom. The van der Waals surface area contributed by atoms with Gasteiger partial charge in [-0.2, -0.15) is 0 Å². The van der Waals surface area contributed by atoms with Gasteiger partial charge in [0.2, 0.25) is 0 Å². The van der Waals surface area contributed by atoms with Crippen molar-refractivity contribution in [1.82, 2.24) is 0 Å². The van der Waals surface area contributed by atoms with Gasteiger partial charge in [0.25, 0.3) is 10.3 Å². The summed E-state index contributed by atoms with van der Waals surface area (Å²) in [6.07, 6.45) is 0. The zero-order valence-electron chi connectivity index (χ0n) is 12.3. The summed E-state index contributed by atoms with van der Waals surface area (Å²) in [6.45, 7) is 1.75. The summed E-state index contributed by atoms with van der Waals surface area (Å²) in [5.41, 5.74) is -1.80. The van der Waals surface area contributed by atoms with Crippen LogP contribution in [0.15, 0.2) is 54.6 Å². The number of hydrogen-bond donors (Lipinski definition) is 0. The molecule has 2 aromatic carbocycles. The standard InChI is InChI=1S/C17H14BrClO4/c1-2-22-16(21)17(15(18)20,13-10-6-7-11-14(13)19)23-12-8-4-3-5-9-12/h3-11H,2H2,1H3/t17-/m1/s1. The first-order valence-corrected chi connectivity index (χ1v) is 8.05. The van der Waals surface area contributed by atoms with Crippen LogP contribution in [0, 0.1) is 0 Å². The Labute approximate surface area is 147 Å². The molecule has 0 aromatic heterocycles. The van der Waals surface area contributed by atoms with Crippen LogP contribution in [0.25, 0.3) is 0 Å². The molecule has 0 aliphatic heterocycles. The van der Waals surface area contributed by atoms with E-state index in [1.54, 1.807) is 61.5 Å². The van der Waals surface area contributed by atoms with Crippen LogP contribution in [0.3, 0.4) is 0 Å². The molecule has 0 saturated carbocycles. The molecule has 120 valence electrons. The quantitative estimate of drug-likeness (QED) is 0.418. The zero-order chi connectivity index (χ0) is 16.9. The Hall–Kier alpha value is -1.85. The topological polar surface area (TPSA) is 52.6 Å². The van der Waals surface area contributed by atoms with Gasteiger partial charge in [-0.25, -0.2) is 4.79 Å². The third-order valence-electron chi connectivity index (χ3n) is 3.11. The van der Waals surface area contributed by atoms with E-state index >= 15 is 0 Å². The fourth-order valence-corrected chi connectivity index (χ4v) is 2.80. The Bertz CT molecular complexity index is 705. The SMILES string of the molecule is CCOC(=O)[C@](Oc1ccccc1)(C(=O)Br)c1ccccc1Cl. The molecular formula is C17H14BrClO4. The van der Waals surface area contributed by atoms with Gasteiger partial charge in [-0.05, 0) is 41.1 Å². The van der Waals surface area contributed by atoms with E-state index in [0.717, 1.165) is 0 Å². The summed E-state index contributed by atoms with van der Waals surface area (Å²) in [5.74, 6) is -0.493. The molecule has 0 aliphatic carbocycles. The number of benzene rings is 2. The highest BCUT2D eigenvalue weighted by atomic mass is 79.9. The first kappa shape index (κ1) is 17.5. The van der Waals surface area contributed by atoms with E-state index in [-0.39, 0.29) is 17.2 Å². The average Bonchev–Trinajstić information content (AvgIpc) is 2.54. The van der Waals surface area contributed by atoms with E-state index in [4.69, 9.17) is 21.1 Å². The van der Waals surface area contributed by atoms with E-state index in [1.807, 2.05) is 0 Å². The van der Waals surface area contributed by atoms with Crippen LogP contribution in [0.2, 0.25) is 5.02 Å². The Morgan fingerprint density at radius 2 is 1.70 bits per heavy atom. The third kappa shape index (κ3) is 3.57. The highest BCUT2D eigenvalue weighted by Gasteiger charge is 2.52. The normalized spacial score (nSPS) is 13.0. The van der Waals surface area contributed by atoms with E-state index in [1.165, 1.54) is 0 Å². The second-order valence-corrected chi connectivity index (χ2v) is 5.70. The Morgan fingerprint density at radius 3 is 2.26 bits per heavy atom. The second kappa shape index (κ2) is 7.62. The van der Waals surface area contributed by atoms with Crippen molar-refractivity contribution in [2.45, 2.75) is 12.5 Å². The molecule has 0 aliphatic rings. The molecule has 2 rings (SSSR count). The number of ether oxygens (including phenoxy) is 2. The minimum Gasteiger partial charge on any atom is -0.462 e. The van der Waals surface area contributed by atoms with Crippen molar-refractivity contribution in [3.05, 3.63) is 65.2 Å². The lowest BCUT2D eigenvalue weighted by atomic mass is 9.94. The lowest BCUT2D eigenvalue weighted by Crippen LogP contribution is -2.48. The molecule has 0 fully saturated rings. The minimum absolute atomic E-state index is 0.101. The first-order valence-electron chi connectivity index (χ1n) is 6.88. The van der Waals surface area contributed by atoms with Crippen molar-refractivity contribution in [2.75, 3.05) is 6.61 Å². The van der Waals surface area contributed by atoms with Gasteiger partial charge in [0.15, 0.2) is 0 Å². The summed E-state index contributed by atoms with van der Waals surface area (Å²) in [7, 11) is 0. The molecule has 0 radical (unpaired) electrons. The zero-order valence-corrected chi connectivity index (χ0v) is 14.6. The molecule has 0 amide bonds. The Balaban J connectivity index is 2.63. The third-order valence-corrected chi connectivity index (χ3v) is 3.99. The summed E-state index contributed by atoms with van der Waals surface area (Å²) in [6, 6.07) is 15.0. The summed E-state index contributed by atoms with van der Waals surface area (Å²) in [4.78, 5) is 25.0. The van der Waals surface area contributed by atoms with Gasteiger partial charge in [-0.1, -0.05) is 48.0 Å². The second-order valence-electron chi connectivity index (χ2n) is 4.57. The lowest BCUT2D eigenvalue weighted by Gasteiger charge is -2.30. The van der Waals surface area contributed by atoms with Gasteiger partial charge < -0.3 is 9.47 Å². The van der Waals surface area contributed by atoms with Gasteiger partial charge in [0.1, 0.15) is 5.75 Å². The number of rotatable bonds is 6. The predicted molar refractivity (Wildman–Crippen MR) is 90.8 cm³/mol. The molecule has 23 heavy (non-hydrogen) atoms. The van der Waals surface area contributed by atoms with Gasteiger partial charge in [0.05, 0.1) is 6.61 Å². The highest BCUT2D eigenvalue weighted by molar-refractivity contribution is 9.18. The van der Waals surface area contributed by atoms with Gasteiger partial charge >= 0.3 is 5.97 Å². The van der Waals surface area contributed by atoms with Crippen LogP contribution in [0.5, 0.6) is 5.75 Å². The minimum atomic E-state index is -2.02. The number of carbonyl (C=O) groups excluding carboxylic acids is 2. The van der Waals surface area contributed by atoms with Crippen molar-refractivity contribution >= 4 is 38.2 Å². The molecular weight excluding hydrogens is 384 g/mol. The first-order chi connectivity index (χ1) is 11.0. The molecule has 0 saturated heterocycles. The molecule has 1 atom stereocenters. The molecule has 0 bridgehead atoms. The number of para-hydroxylation sites is 1. The maximum Gasteiger partial charge on any atom is 0.364 e. The van der Waals surface area contributed by atoms with Crippen LogP contribution in [0.1, 0.15) is 12.5 Å². The van der Waals surface area contributed by atoms with Crippen molar-refractivity contribution in [1.29, 1.82) is 0 Å². The summed E-state index contributed by atoms with van der Waals surface area (Å²) < 4.78 is 10.2. The molecule has 0 spiro atoms. The van der Waals surface area contributed by atoms with Crippen LogP contribution in [-0.4, -0.2) is 17.3 Å². The predicted octanol–water partition coefficient (Wildman–Crippen LogP) is 4.10. The van der Waals surface area contributed by atoms with Crippen LogP contribution >= 0.6 is 27.5 Å². The number of esters is 1. The fraction of sp³-hybridized carbons (Fsp3) is 0.176. The molecule has 6 heteroatoms. The van der Waals surface area contributed by atoms with E-state index in [9.17, 15) is 9.59 Å². The summed E-state index contributed by atoms with van der Waals surface area (Å²) in [5, 5.41) is 0.226. The summed E-state index contributed by atoms with van der Waals surface area (Å²) >= 11 is 9.08. The molecule has 0 N–H and O–H groups in total. The maximum absolute atomic E-state index is 12.6. The molecule has 0 unspecified atom stereocenters. The Kier molecular flexibility index (Phi) is 5.80. The van der Waals surface area contributed by atoms with E-state index in [2.05, 4.69) is 15.9 Å². The van der Waals surface area contributed by atoms with Crippen LogP contribution < -0.4 is 4.74 Å². The monoisotopic (exact) mass is 396 g/mol. The van der Waals surface area contributed by atoms with Gasteiger partial charge in [-0.15, -0.1) is 0 Å². The molecule has 0 heterocycles. The van der Waals surface area contributed by atoms with Gasteiger partial charge in [-0.3, -0.25) is 4.79 Å².